The number of hydrogen-bond acceptors (Lipinski definition) is 4. The highest BCUT2D eigenvalue weighted by Crippen LogP contribution is 2.53. The van der Waals surface area contributed by atoms with Crippen LogP contribution in [0, 0.1) is 17.7 Å². The van der Waals surface area contributed by atoms with Gasteiger partial charge in [-0.25, -0.2) is 9.37 Å². The normalized spacial score (nSPS) is 19.3. The van der Waals surface area contributed by atoms with Crippen LogP contribution in [0.3, 0.4) is 0 Å². The lowest BCUT2D eigenvalue weighted by molar-refractivity contribution is 0.0992. The Kier molecular flexibility index (Phi) is 5.19. The van der Waals surface area contributed by atoms with Gasteiger partial charge in [0, 0.05) is 24.2 Å². The molecule has 1 fully saturated rings. The van der Waals surface area contributed by atoms with Crippen LogP contribution in [0.4, 0.5) is 4.39 Å². The number of nitrogens with two attached hydrogens (primary N) is 1. The number of imidazole rings is 1. The number of amides is 1. The summed E-state index contributed by atoms with van der Waals surface area (Å²) in [4.78, 5) is 19.1. The monoisotopic (exact) mass is 424 g/mol. The molecule has 1 aromatic heterocycles. The van der Waals surface area contributed by atoms with Crippen LogP contribution >= 0.6 is 0 Å². The molecule has 0 radical (unpaired) electrons. The van der Waals surface area contributed by atoms with E-state index in [1.807, 2.05) is 7.05 Å². The summed E-state index contributed by atoms with van der Waals surface area (Å²) in [5, 5.41) is 9.92. The number of benzene rings is 1. The second-order valence-electron chi connectivity index (χ2n) is 9.52. The molecule has 2 aromatic rings. The van der Waals surface area contributed by atoms with Crippen molar-refractivity contribution in [2.75, 3.05) is 7.05 Å². The number of primary amides is 1. The number of carbonyl (C=O) groups excluding carboxylic acids is 1. The highest BCUT2D eigenvalue weighted by molar-refractivity contribution is 5.93. The molecule has 0 unspecified atom stereocenters. The molecule has 5 rings (SSSR count). The van der Waals surface area contributed by atoms with E-state index in [1.54, 1.807) is 26.0 Å². The zero-order valence-electron chi connectivity index (χ0n) is 18.7. The van der Waals surface area contributed by atoms with E-state index in [1.165, 1.54) is 0 Å². The Hall–Kier alpha value is -2.69. The van der Waals surface area contributed by atoms with Gasteiger partial charge in [0.05, 0.1) is 11.3 Å². The van der Waals surface area contributed by atoms with Crippen molar-refractivity contribution in [3.05, 3.63) is 40.5 Å². The molecule has 1 aromatic carbocycles. The lowest BCUT2D eigenvalue weighted by Crippen LogP contribution is -2.31. The Bertz CT molecular complexity index is 1110. The number of rotatable bonds is 4. The molecule has 7 heteroatoms. The molecule has 0 atom stereocenters. The fourth-order valence-corrected chi connectivity index (χ4v) is 4.31. The minimum Gasteiger partial charge on any atom is -0.378 e. The van der Waals surface area contributed by atoms with Gasteiger partial charge in [-0.15, -0.1) is 0 Å². The summed E-state index contributed by atoms with van der Waals surface area (Å²) in [6.07, 6.45) is 1.75. The second-order valence-corrected chi connectivity index (χ2v) is 9.52. The maximum absolute atomic E-state index is 14.8. The fourth-order valence-electron chi connectivity index (χ4n) is 4.31. The van der Waals surface area contributed by atoms with Crippen LogP contribution in [-0.2, 0) is 6.54 Å². The largest absolute Gasteiger partial charge is 0.378 e. The van der Waals surface area contributed by atoms with E-state index >= 15 is 0 Å². The van der Waals surface area contributed by atoms with E-state index in [0.717, 1.165) is 29.7 Å². The smallest absolute Gasteiger partial charge is 0.269 e. The molecule has 0 spiro atoms. The average Bonchev–Trinajstić information content (AvgIpc) is 2.86. The topological polar surface area (TPSA) is 84.4 Å². The summed E-state index contributed by atoms with van der Waals surface area (Å²) in [6, 6.07) is 3.73. The first-order valence-electron chi connectivity index (χ1n) is 10.7. The number of aliphatic hydroxyl groups is 1. The number of hydrogen-bond donors (Lipinski definition) is 2. The lowest BCUT2D eigenvalue weighted by Gasteiger charge is -2.36. The average molecular weight is 425 g/mol. The highest BCUT2D eigenvalue weighted by Gasteiger charge is 2.41. The Balaban J connectivity index is 1.92. The van der Waals surface area contributed by atoms with Crippen LogP contribution in [-0.4, -0.2) is 44.2 Å². The van der Waals surface area contributed by atoms with Gasteiger partial charge in [-0.3, -0.25) is 9.69 Å². The quantitative estimate of drug-likeness (QED) is 0.739. The predicted octanol–water partition coefficient (Wildman–Crippen LogP) is 3.18. The van der Waals surface area contributed by atoms with E-state index in [4.69, 9.17) is 5.73 Å². The third-order valence-electron chi connectivity index (χ3n) is 6.33. The number of carbonyl (C=O) groups is 1. The zero-order valence-corrected chi connectivity index (χ0v) is 18.7. The van der Waals surface area contributed by atoms with Gasteiger partial charge >= 0.3 is 0 Å². The second kappa shape index (κ2) is 7.47. The van der Waals surface area contributed by atoms with Crippen molar-refractivity contribution in [3.8, 4) is 23.2 Å². The first-order valence-corrected chi connectivity index (χ1v) is 10.7. The minimum absolute atomic E-state index is 0.205. The third-order valence-corrected chi connectivity index (χ3v) is 6.33. The molecule has 3 heterocycles. The van der Waals surface area contributed by atoms with Crippen LogP contribution in [0.1, 0.15) is 79.8 Å². The van der Waals surface area contributed by atoms with Gasteiger partial charge in [-0.1, -0.05) is 11.8 Å². The van der Waals surface area contributed by atoms with E-state index in [0.29, 0.717) is 12.4 Å². The van der Waals surface area contributed by atoms with E-state index in [9.17, 15) is 14.3 Å². The Labute approximate surface area is 182 Å². The number of halogens is 1. The molecule has 6 nitrogen and oxygen atoms in total. The Morgan fingerprint density at radius 3 is 2.68 bits per heavy atom. The summed E-state index contributed by atoms with van der Waals surface area (Å²) in [5.74, 6) is 5.37. The van der Waals surface area contributed by atoms with Crippen molar-refractivity contribution in [1.29, 1.82) is 0 Å². The van der Waals surface area contributed by atoms with Crippen molar-refractivity contribution in [1.82, 2.24) is 14.5 Å². The summed E-state index contributed by atoms with van der Waals surface area (Å²) in [6.45, 7) is 7.84. The molecule has 1 aliphatic carbocycles. The van der Waals surface area contributed by atoms with Crippen LogP contribution < -0.4 is 5.73 Å². The van der Waals surface area contributed by atoms with Gasteiger partial charge in [0.15, 0.2) is 5.69 Å². The molecule has 2 bridgehead atoms. The molecule has 31 heavy (non-hydrogen) atoms. The predicted molar refractivity (Wildman–Crippen MR) is 117 cm³/mol. The third kappa shape index (κ3) is 3.86. The maximum Gasteiger partial charge on any atom is 0.269 e. The summed E-state index contributed by atoms with van der Waals surface area (Å²) in [7, 11) is 2.00. The van der Waals surface area contributed by atoms with Crippen LogP contribution in [0.15, 0.2) is 12.1 Å². The van der Waals surface area contributed by atoms with Gasteiger partial charge in [0.2, 0.25) is 0 Å². The van der Waals surface area contributed by atoms with Crippen molar-refractivity contribution >= 4 is 5.91 Å². The van der Waals surface area contributed by atoms with Crippen molar-refractivity contribution in [2.24, 2.45) is 5.73 Å². The van der Waals surface area contributed by atoms with E-state index in [2.05, 4.69) is 40.1 Å². The molecule has 164 valence electrons. The van der Waals surface area contributed by atoms with Crippen molar-refractivity contribution in [3.63, 3.8) is 0 Å². The summed E-state index contributed by atoms with van der Waals surface area (Å²) in [5.41, 5.74) is 7.44. The number of aromatic nitrogens is 2. The number of nitrogens with zero attached hydrogens (tertiary/aromatic N) is 3. The van der Waals surface area contributed by atoms with Gasteiger partial charge in [-0.05, 0) is 71.2 Å². The minimum atomic E-state index is -1.23. The molecule has 1 amide bonds. The molecule has 3 aliphatic rings. The van der Waals surface area contributed by atoms with E-state index in [-0.39, 0.29) is 29.3 Å². The fraction of sp³-hybridized carbons (Fsp3) is 0.500. The SMILES string of the molecule is CC(C)N(C)Cc1c(C(N)=O)nc2n1C1CC(C1)c1cc(F)c(C#CC(C)(C)O)cc1-2. The first kappa shape index (κ1) is 21.5. The van der Waals surface area contributed by atoms with Gasteiger partial charge < -0.3 is 15.4 Å². The standard InChI is InChI=1S/C24H29FN4O2/c1-13(2)28(5)12-20-21(22(26)30)27-23-18-10-14(6-7-24(3,4)31)19(25)11-17(18)15-8-16(9-15)29(20)23/h10-11,13,15-16,31H,8-9,12H2,1-5H3,(H2,26,30). The lowest BCUT2D eigenvalue weighted by atomic mass is 9.75. The molecular weight excluding hydrogens is 395 g/mol. The zero-order chi connectivity index (χ0) is 22.7. The van der Waals surface area contributed by atoms with Crippen molar-refractivity contribution in [2.45, 2.75) is 70.7 Å². The Morgan fingerprint density at radius 1 is 1.42 bits per heavy atom. The summed E-state index contributed by atoms with van der Waals surface area (Å²) >= 11 is 0. The molecular formula is C24H29FN4O2. The van der Waals surface area contributed by atoms with E-state index < -0.39 is 17.3 Å². The van der Waals surface area contributed by atoms with Gasteiger partial charge in [0.1, 0.15) is 17.2 Å². The summed E-state index contributed by atoms with van der Waals surface area (Å²) < 4.78 is 17.0. The molecule has 0 saturated heterocycles. The van der Waals surface area contributed by atoms with Crippen LogP contribution in [0.2, 0.25) is 0 Å². The van der Waals surface area contributed by atoms with Crippen LogP contribution in [0.25, 0.3) is 11.4 Å². The first-order chi connectivity index (χ1) is 14.5. The van der Waals surface area contributed by atoms with Crippen molar-refractivity contribution < 1.29 is 14.3 Å². The van der Waals surface area contributed by atoms with Gasteiger partial charge in [-0.2, -0.15) is 0 Å². The highest BCUT2D eigenvalue weighted by atomic mass is 19.1. The molecule has 3 N–H and O–H groups in total. The Morgan fingerprint density at radius 2 is 2.10 bits per heavy atom. The molecule has 1 saturated carbocycles. The van der Waals surface area contributed by atoms with Gasteiger partial charge in [0.25, 0.3) is 5.91 Å². The molecule has 2 aliphatic heterocycles. The maximum atomic E-state index is 14.8. The van der Waals surface area contributed by atoms with Crippen LogP contribution in [0.5, 0.6) is 0 Å².